The molecule has 32 heavy (non-hydrogen) atoms. The summed E-state index contributed by atoms with van der Waals surface area (Å²) in [7, 11) is 1.57. The van der Waals surface area contributed by atoms with Gasteiger partial charge in [0.15, 0.2) is 0 Å². The number of benzene rings is 2. The van der Waals surface area contributed by atoms with Crippen LogP contribution in [-0.4, -0.2) is 18.8 Å². The van der Waals surface area contributed by atoms with Gasteiger partial charge >= 0.3 is 0 Å². The molecule has 2 aromatic rings. The van der Waals surface area contributed by atoms with Gasteiger partial charge in [-0.05, 0) is 42.9 Å². The number of anilines is 1. The van der Waals surface area contributed by atoms with Gasteiger partial charge in [0.1, 0.15) is 5.75 Å². The van der Waals surface area contributed by atoms with Crippen molar-refractivity contribution >= 4 is 39.3 Å². The SMILES string of the molecule is CCCCSC1=C(C#N)C(c2ccccc2Br)C(C(=O)Nc2ccccc2OC)=C(C)N1. The van der Waals surface area contributed by atoms with Gasteiger partial charge in [-0.1, -0.05) is 59.6 Å². The van der Waals surface area contributed by atoms with E-state index in [0.29, 0.717) is 22.6 Å². The number of methoxy groups -OCH3 is 1. The Morgan fingerprint density at radius 1 is 1.25 bits per heavy atom. The molecule has 7 heteroatoms. The molecule has 0 bridgehead atoms. The molecule has 2 N–H and O–H groups in total. The molecule has 0 aliphatic carbocycles. The Bertz CT molecular complexity index is 1100. The summed E-state index contributed by atoms with van der Waals surface area (Å²) in [5.74, 6) is 0.719. The lowest BCUT2D eigenvalue weighted by Crippen LogP contribution is -2.31. The smallest absolute Gasteiger partial charge is 0.254 e. The van der Waals surface area contributed by atoms with E-state index in [1.165, 1.54) is 0 Å². The molecule has 1 atom stereocenters. The molecule has 0 spiro atoms. The second-order valence-corrected chi connectivity index (χ2v) is 9.29. The fraction of sp³-hybridized carbons (Fsp3) is 0.280. The summed E-state index contributed by atoms with van der Waals surface area (Å²) < 4.78 is 6.24. The van der Waals surface area contributed by atoms with Crippen molar-refractivity contribution in [2.75, 3.05) is 18.2 Å². The van der Waals surface area contributed by atoms with Crippen LogP contribution in [0.1, 0.15) is 38.2 Å². The fourth-order valence-electron chi connectivity index (χ4n) is 3.60. The van der Waals surface area contributed by atoms with E-state index in [-0.39, 0.29) is 5.91 Å². The van der Waals surface area contributed by atoms with E-state index < -0.39 is 5.92 Å². The zero-order valence-corrected chi connectivity index (χ0v) is 20.8. The molecule has 2 aromatic carbocycles. The number of para-hydroxylation sites is 2. The van der Waals surface area contributed by atoms with Gasteiger partial charge in [0, 0.05) is 15.7 Å². The summed E-state index contributed by atoms with van der Waals surface area (Å²) in [5.41, 5.74) is 3.25. The van der Waals surface area contributed by atoms with Crippen LogP contribution in [0.15, 0.2) is 74.9 Å². The largest absolute Gasteiger partial charge is 0.495 e. The van der Waals surface area contributed by atoms with Crippen molar-refractivity contribution in [3.63, 3.8) is 0 Å². The monoisotopic (exact) mass is 511 g/mol. The predicted octanol–water partition coefficient (Wildman–Crippen LogP) is 6.33. The molecule has 0 fully saturated rings. The summed E-state index contributed by atoms with van der Waals surface area (Å²) in [6.45, 7) is 4.03. The molecule has 166 valence electrons. The van der Waals surface area contributed by atoms with Gasteiger partial charge in [0.2, 0.25) is 0 Å². The molecule has 0 aromatic heterocycles. The highest BCUT2D eigenvalue weighted by Crippen LogP contribution is 2.43. The Morgan fingerprint density at radius 3 is 2.66 bits per heavy atom. The Kier molecular flexibility index (Phi) is 8.43. The second kappa shape index (κ2) is 11.3. The van der Waals surface area contributed by atoms with Crippen LogP contribution in [0.3, 0.4) is 0 Å². The van der Waals surface area contributed by atoms with Crippen LogP contribution in [0.2, 0.25) is 0 Å². The van der Waals surface area contributed by atoms with E-state index in [4.69, 9.17) is 4.74 Å². The molecule has 1 unspecified atom stereocenters. The minimum absolute atomic E-state index is 0.273. The van der Waals surface area contributed by atoms with Crippen LogP contribution in [0.5, 0.6) is 5.75 Å². The predicted molar refractivity (Wildman–Crippen MR) is 134 cm³/mol. The van der Waals surface area contributed by atoms with Crippen LogP contribution >= 0.6 is 27.7 Å². The van der Waals surface area contributed by atoms with Crippen molar-refractivity contribution in [2.24, 2.45) is 0 Å². The van der Waals surface area contributed by atoms with Crippen LogP contribution in [-0.2, 0) is 4.79 Å². The number of dihydropyridines is 1. The molecule has 1 aliphatic rings. The van der Waals surface area contributed by atoms with Crippen molar-refractivity contribution < 1.29 is 9.53 Å². The minimum atomic E-state index is -0.490. The molecule has 0 saturated carbocycles. The third-order valence-corrected chi connectivity index (χ3v) is 7.03. The number of halogens is 1. The number of hydrogen-bond acceptors (Lipinski definition) is 5. The topological polar surface area (TPSA) is 74.2 Å². The zero-order chi connectivity index (χ0) is 23.1. The first-order valence-electron chi connectivity index (χ1n) is 10.4. The Labute approximate surface area is 202 Å². The highest BCUT2D eigenvalue weighted by atomic mass is 79.9. The second-order valence-electron chi connectivity index (χ2n) is 7.33. The van der Waals surface area contributed by atoms with Crippen molar-refractivity contribution in [1.82, 2.24) is 5.32 Å². The quantitative estimate of drug-likeness (QED) is 0.405. The highest BCUT2D eigenvalue weighted by Gasteiger charge is 2.35. The number of nitrogens with one attached hydrogen (secondary N) is 2. The van der Waals surface area contributed by atoms with Gasteiger partial charge in [0.05, 0.1) is 35.4 Å². The number of rotatable bonds is 8. The van der Waals surface area contributed by atoms with Crippen molar-refractivity contribution in [2.45, 2.75) is 32.6 Å². The number of thioether (sulfide) groups is 1. The molecule has 1 amide bonds. The molecular formula is C25H26BrN3O2S. The Hall–Kier alpha value is -2.69. The molecule has 1 heterocycles. The standard InChI is InChI=1S/C25H26BrN3O2S/c1-4-5-14-32-25-18(15-27)23(17-10-6-7-11-19(17)26)22(16(2)28-25)24(30)29-20-12-8-9-13-21(20)31-3/h6-13,23,28H,4-5,14H2,1-3H3,(H,29,30). The number of allylic oxidation sites excluding steroid dienone is 2. The number of nitrogens with zero attached hydrogens (tertiary/aromatic N) is 1. The van der Waals surface area contributed by atoms with Crippen LogP contribution in [0.25, 0.3) is 0 Å². The number of unbranched alkanes of at least 4 members (excludes halogenated alkanes) is 1. The lowest BCUT2D eigenvalue weighted by molar-refractivity contribution is -0.113. The van der Waals surface area contributed by atoms with Gasteiger partial charge in [-0.3, -0.25) is 4.79 Å². The number of ether oxygens (including phenoxy) is 1. The lowest BCUT2D eigenvalue weighted by Gasteiger charge is -2.30. The zero-order valence-electron chi connectivity index (χ0n) is 18.4. The van der Waals surface area contributed by atoms with E-state index in [1.54, 1.807) is 31.0 Å². The van der Waals surface area contributed by atoms with Crippen LogP contribution in [0, 0.1) is 11.3 Å². The highest BCUT2D eigenvalue weighted by molar-refractivity contribution is 9.10. The maximum absolute atomic E-state index is 13.6. The van der Waals surface area contributed by atoms with Crippen molar-refractivity contribution in [3.05, 3.63) is 80.4 Å². The number of amides is 1. The summed E-state index contributed by atoms with van der Waals surface area (Å²) in [6.07, 6.45) is 2.13. The molecule has 0 radical (unpaired) electrons. The average Bonchev–Trinajstić information content (AvgIpc) is 2.79. The van der Waals surface area contributed by atoms with E-state index in [9.17, 15) is 10.1 Å². The molecule has 5 nitrogen and oxygen atoms in total. The molecule has 3 rings (SSSR count). The summed E-state index contributed by atoms with van der Waals surface area (Å²) >= 11 is 5.26. The maximum atomic E-state index is 13.6. The van der Waals surface area contributed by atoms with Crippen molar-refractivity contribution in [3.8, 4) is 11.8 Å². The van der Waals surface area contributed by atoms with Crippen LogP contribution in [0.4, 0.5) is 5.69 Å². The third-order valence-electron chi connectivity index (χ3n) is 5.21. The Balaban J connectivity index is 2.07. The normalized spacial score (nSPS) is 15.8. The number of carbonyl (C=O) groups excluding carboxylic acids is 1. The minimum Gasteiger partial charge on any atom is -0.495 e. The van der Waals surface area contributed by atoms with Gasteiger partial charge in [-0.2, -0.15) is 5.26 Å². The summed E-state index contributed by atoms with van der Waals surface area (Å²) in [6, 6.07) is 17.4. The average molecular weight is 512 g/mol. The van der Waals surface area contributed by atoms with E-state index in [0.717, 1.165) is 39.4 Å². The number of nitriles is 1. The first kappa shape index (κ1) is 24.0. The Morgan fingerprint density at radius 2 is 1.97 bits per heavy atom. The van der Waals surface area contributed by atoms with Crippen LogP contribution < -0.4 is 15.4 Å². The summed E-state index contributed by atoms with van der Waals surface area (Å²) in [4.78, 5) is 13.6. The third kappa shape index (κ3) is 5.20. The number of hydrogen-bond donors (Lipinski definition) is 2. The van der Waals surface area contributed by atoms with E-state index >= 15 is 0 Å². The maximum Gasteiger partial charge on any atom is 0.254 e. The van der Waals surface area contributed by atoms with Gasteiger partial charge < -0.3 is 15.4 Å². The van der Waals surface area contributed by atoms with Gasteiger partial charge in [-0.15, -0.1) is 11.8 Å². The van der Waals surface area contributed by atoms with Gasteiger partial charge in [0.25, 0.3) is 5.91 Å². The summed E-state index contributed by atoms with van der Waals surface area (Å²) in [5, 5.41) is 17.3. The van der Waals surface area contributed by atoms with Crippen molar-refractivity contribution in [1.29, 1.82) is 5.26 Å². The molecular weight excluding hydrogens is 486 g/mol. The van der Waals surface area contributed by atoms with Gasteiger partial charge in [-0.25, -0.2) is 0 Å². The molecule has 1 aliphatic heterocycles. The van der Waals surface area contributed by atoms with E-state index in [2.05, 4.69) is 39.6 Å². The van der Waals surface area contributed by atoms with E-state index in [1.807, 2.05) is 43.3 Å². The first-order chi connectivity index (χ1) is 15.5. The molecule has 0 saturated heterocycles. The fourth-order valence-corrected chi connectivity index (χ4v) is 5.30. The first-order valence-corrected chi connectivity index (χ1v) is 12.2. The number of carbonyl (C=O) groups is 1. The lowest BCUT2D eigenvalue weighted by atomic mass is 9.82.